The van der Waals surface area contributed by atoms with E-state index < -0.39 is 6.04 Å². The Balaban J connectivity index is 1.41. The van der Waals surface area contributed by atoms with Crippen molar-refractivity contribution in [2.75, 3.05) is 14.2 Å². The normalized spacial score (nSPS) is 14.8. The summed E-state index contributed by atoms with van der Waals surface area (Å²) in [6.45, 7) is 2.03. The molecule has 1 aliphatic carbocycles. The van der Waals surface area contributed by atoms with Gasteiger partial charge >= 0.3 is 0 Å². The van der Waals surface area contributed by atoms with Crippen LogP contribution in [0.15, 0.2) is 52.0 Å². The average Bonchev–Trinajstić information content (AvgIpc) is 3.42. The zero-order chi connectivity index (χ0) is 29.2. The Kier molecular flexibility index (Phi) is 10.3. The molecule has 0 radical (unpaired) electrons. The van der Waals surface area contributed by atoms with Crippen molar-refractivity contribution in [2.45, 2.75) is 64.5 Å². The minimum Gasteiger partial charge on any atom is -0.493 e. The first kappa shape index (κ1) is 29.6. The van der Waals surface area contributed by atoms with Gasteiger partial charge in [-0.2, -0.15) is 4.98 Å². The van der Waals surface area contributed by atoms with Gasteiger partial charge in [-0.25, -0.2) is 4.99 Å². The number of hydrogen-bond acceptors (Lipinski definition) is 8. The third-order valence-electron chi connectivity index (χ3n) is 7.14. The van der Waals surface area contributed by atoms with Crippen LogP contribution >= 0.6 is 0 Å². The van der Waals surface area contributed by atoms with Crippen LogP contribution in [-0.2, 0) is 22.6 Å². The van der Waals surface area contributed by atoms with Gasteiger partial charge in [0, 0.05) is 19.0 Å². The third-order valence-corrected chi connectivity index (χ3v) is 7.14. The van der Waals surface area contributed by atoms with Crippen molar-refractivity contribution in [2.24, 2.45) is 16.6 Å². The molecule has 2 amide bonds. The Morgan fingerprint density at radius 1 is 1.07 bits per heavy atom. The van der Waals surface area contributed by atoms with Gasteiger partial charge < -0.3 is 25.0 Å². The van der Waals surface area contributed by atoms with E-state index in [1.807, 2.05) is 24.3 Å². The third kappa shape index (κ3) is 8.54. The lowest BCUT2D eigenvalue weighted by atomic mass is 9.84. The molecule has 4 N–H and O–H groups in total. The monoisotopic (exact) mass is 562 g/mol. The van der Waals surface area contributed by atoms with Crippen LogP contribution < -0.4 is 25.8 Å². The smallest absolute Gasteiger partial charge is 0.245 e. The summed E-state index contributed by atoms with van der Waals surface area (Å²) in [7, 11) is 3.09. The number of nitrogens with zero attached hydrogens (tertiary/aromatic N) is 3. The summed E-state index contributed by atoms with van der Waals surface area (Å²) in [5.74, 6) is 1.79. The maximum atomic E-state index is 13.3. The Labute approximate surface area is 239 Å². The van der Waals surface area contributed by atoms with Crippen molar-refractivity contribution >= 4 is 17.8 Å². The zero-order valence-electron chi connectivity index (χ0n) is 23.8. The number of methoxy groups -OCH3 is 2. The minimum atomic E-state index is -0.720. The number of rotatable bonds is 11. The summed E-state index contributed by atoms with van der Waals surface area (Å²) in [6.07, 6.45) is 6.23. The second-order valence-corrected chi connectivity index (χ2v) is 10.2. The van der Waals surface area contributed by atoms with Crippen molar-refractivity contribution in [1.82, 2.24) is 20.8 Å². The molecule has 41 heavy (non-hydrogen) atoms. The fraction of sp³-hybridized carbons (Fsp3) is 0.433. The lowest BCUT2D eigenvalue weighted by Crippen LogP contribution is -2.42. The second kappa shape index (κ2) is 14.3. The van der Waals surface area contributed by atoms with Gasteiger partial charge in [0.05, 0.1) is 20.6 Å². The molecule has 11 heteroatoms. The summed E-state index contributed by atoms with van der Waals surface area (Å²) < 4.78 is 15.6. The molecule has 218 valence electrons. The summed E-state index contributed by atoms with van der Waals surface area (Å²) in [4.78, 5) is 34.8. The number of ether oxygens (including phenoxy) is 2. The lowest BCUT2D eigenvalue weighted by Gasteiger charge is -2.24. The van der Waals surface area contributed by atoms with Gasteiger partial charge in [0.25, 0.3) is 0 Å². The highest BCUT2D eigenvalue weighted by Gasteiger charge is 2.25. The number of aliphatic imine (C=N–C) groups is 1. The Bertz CT molecular complexity index is 1360. The SMILES string of the molecule is COc1ccc(CC(=O)NC(N)=NC(CC2CCCCC2)C(=O)NCc2cccc(-c3noc(C)n3)c2)cc1OC. The largest absolute Gasteiger partial charge is 0.493 e. The topological polar surface area (TPSA) is 154 Å². The molecule has 0 aliphatic heterocycles. The van der Waals surface area contributed by atoms with E-state index in [1.165, 1.54) is 13.5 Å². The maximum absolute atomic E-state index is 13.3. The fourth-order valence-corrected chi connectivity index (χ4v) is 5.06. The highest BCUT2D eigenvalue weighted by molar-refractivity contribution is 5.98. The molecule has 2 aromatic carbocycles. The van der Waals surface area contributed by atoms with Crippen molar-refractivity contribution in [1.29, 1.82) is 0 Å². The van der Waals surface area contributed by atoms with Crippen molar-refractivity contribution in [3.63, 3.8) is 0 Å². The molecule has 1 saturated carbocycles. The van der Waals surface area contributed by atoms with E-state index in [1.54, 1.807) is 32.2 Å². The van der Waals surface area contributed by atoms with Gasteiger partial charge in [0.2, 0.25) is 23.5 Å². The molecule has 0 saturated heterocycles. The number of guanidine groups is 1. The van der Waals surface area contributed by atoms with Crippen LogP contribution in [0.25, 0.3) is 11.4 Å². The standard InChI is InChI=1S/C30H38N6O5/c1-19-33-28(36-41-19)23-11-7-10-22(14-23)18-32-29(38)24(15-20-8-5-4-6-9-20)34-30(31)35-27(37)17-21-12-13-25(39-2)26(16-21)40-3/h7,10-14,16,20,24H,4-6,8-9,15,17-18H2,1-3H3,(H,32,38)(H3,31,34,35,37). The fourth-order valence-electron chi connectivity index (χ4n) is 5.06. The number of aryl methyl sites for hydroxylation is 1. The number of nitrogens with one attached hydrogen (secondary N) is 2. The quantitative estimate of drug-likeness (QED) is 0.236. The Hall–Kier alpha value is -4.41. The van der Waals surface area contributed by atoms with Crippen LogP contribution in [0.2, 0.25) is 0 Å². The van der Waals surface area contributed by atoms with Crippen LogP contribution in [0.3, 0.4) is 0 Å². The van der Waals surface area contributed by atoms with E-state index in [9.17, 15) is 9.59 Å². The maximum Gasteiger partial charge on any atom is 0.245 e. The van der Waals surface area contributed by atoms with E-state index in [2.05, 4.69) is 25.8 Å². The van der Waals surface area contributed by atoms with Crippen LogP contribution in [0.1, 0.15) is 55.5 Å². The number of carbonyl (C=O) groups is 2. The van der Waals surface area contributed by atoms with Gasteiger partial charge in [-0.15, -0.1) is 0 Å². The first-order valence-electron chi connectivity index (χ1n) is 13.9. The zero-order valence-corrected chi connectivity index (χ0v) is 23.8. The molecular formula is C30H38N6O5. The second-order valence-electron chi connectivity index (χ2n) is 10.2. The number of amides is 2. The van der Waals surface area contributed by atoms with E-state index in [4.69, 9.17) is 19.7 Å². The van der Waals surface area contributed by atoms with Gasteiger partial charge in [0.1, 0.15) is 6.04 Å². The predicted octanol–water partition coefficient (Wildman–Crippen LogP) is 3.69. The van der Waals surface area contributed by atoms with Gasteiger partial charge in [0.15, 0.2) is 17.5 Å². The van der Waals surface area contributed by atoms with E-state index in [0.29, 0.717) is 42.1 Å². The molecule has 0 bridgehead atoms. The van der Waals surface area contributed by atoms with Gasteiger partial charge in [-0.1, -0.05) is 61.5 Å². The van der Waals surface area contributed by atoms with Crippen LogP contribution in [0, 0.1) is 12.8 Å². The molecule has 4 rings (SSSR count). The van der Waals surface area contributed by atoms with Crippen LogP contribution in [0.5, 0.6) is 11.5 Å². The number of nitrogens with two attached hydrogens (primary N) is 1. The molecule has 1 heterocycles. The van der Waals surface area contributed by atoms with Crippen molar-refractivity contribution in [3.05, 3.63) is 59.5 Å². The molecule has 1 atom stereocenters. The number of carbonyl (C=O) groups excluding carboxylic acids is 2. The van der Waals surface area contributed by atoms with Gasteiger partial charge in [-0.3, -0.25) is 14.9 Å². The van der Waals surface area contributed by atoms with Crippen LogP contribution in [0.4, 0.5) is 0 Å². The van der Waals surface area contributed by atoms with Gasteiger partial charge in [-0.05, 0) is 41.7 Å². The summed E-state index contributed by atoms with van der Waals surface area (Å²) in [5, 5.41) is 9.59. The molecule has 1 unspecified atom stereocenters. The molecule has 0 spiro atoms. The summed E-state index contributed by atoms with van der Waals surface area (Å²) in [6, 6.07) is 12.1. The number of aromatic nitrogens is 2. The number of benzene rings is 2. The predicted molar refractivity (Wildman–Crippen MR) is 154 cm³/mol. The Morgan fingerprint density at radius 2 is 1.85 bits per heavy atom. The molecule has 11 nitrogen and oxygen atoms in total. The summed E-state index contributed by atoms with van der Waals surface area (Å²) >= 11 is 0. The minimum absolute atomic E-state index is 0.0618. The summed E-state index contributed by atoms with van der Waals surface area (Å²) in [5.41, 5.74) is 8.54. The molecular weight excluding hydrogens is 524 g/mol. The van der Waals surface area contributed by atoms with Crippen LogP contribution in [-0.4, -0.2) is 48.2 Å². The van der Waals surface area contributed by atoms with E-state index >= 15 is 0 Å². The molecule has 3 aromatic rings. The number of hydrogen-bond donors (Lipinski definition) is 3. The highest BCUT2D eigenvalue weighted by atomic mass is 16.5. The first-order valence-corrected chi connectivity index (χ1v) is 13.9. The van der Waals surface area contributed by atoms with Crippen molar-refractivity contribution < 1.29 is 23.6 Å². The van der Waals surface area contributed by atoms with E-state index in [0.717, 1.165) is 42.4 Å². The Morgan fingerprint density at radius 3 is 2.56 bits per heavy atom. The lowest BCUT2D eigenvalue weighted by molar-refractivity contribution is -0.123. The highest BCUT2D eigenvalue weighted by Crippen LogP contribution is 2.29. The first-order chi connectivity index (χ1) is 19.8. The molecule has 1 aromatic heterocycles. The molecule has 1 aliphatic rings. The van der Waals surface area contributed by atoms with Crippen molar-refractivity contribution in [3.8, 4) is 22.9 Å². The molecule has 1 fully saturated rings. The van der Waals surface area contributed by atoms with E-state index in [-0.39, 0.29) is 24.2 Å². The average molecular weight is 563 g/mol.